The summed E-state index contributed by atoms with van der Waals surface area (Å²) in [6.07, 6.45) is 37.2. The van der Waals surface area contributed by atoms with E-state index in [9.17, 15) is 19.0 Å². The number of hydrogen-bond donors (Lipinski definition) is 1. The van der Waals surface area contributed by atoms with E-state index in [1.165, 1.54) is 154 Å². The highest BCUT2D eigenvalue weighted by atomic mass is 31.2. The third-order valence-corrected chi connectivity index (χ3v) is 11.1. The fraction of sp³-hybridized carbons (Fsp3) is 0.955. The SMILES string of the molecule is CCCCCCCCCCCCCCCCCCCCC(=O)OC[C@H](COP(=O)(O)OCC[N+](C)(C)C)OC(=O)CCCCCCCCCCCCCC. The van der Waals surface area contributed by atoms with E-state index in [1.54, 1.807) is 0 Å². The van der Waals surface area contributed by atoms with Crippen LogP contribution in [0.4, 0.5) is 0 Å². The Morgan fingerprint density at radius 3 is 1.19 bits per heavy atom. The smallest absolute Gasteiger partial charge is 0.462 e. The number of unbranched alkanes of at least 4 members (excludes halogenated alkanes) is 28. The minimum atomic E-state index is -4.36. The topological polar surface area (TPSA) is 108 Å². The van der Waals surface area contributed by atoms with Gasteiger partial charge >= 0.3 is 19.8 Å². The van der Waals surface area contributed by atoms with Gasteiger partial charge in [-0.15, -0.1) is 0 Å². The van der Waals surface area contributed by atoms with E-state index in [4.69, 9.17) is 18.5 Å². The summed E-state index contributed by atoms with van der Waals surface area (Å²) in [5.41, 5.74) is 0. The number of carbonyl (C=O) groups is 2. The Bertz CT molecular complexity index is 896. The zero-order valence-corrected chi connectivity index (χ0v) is 37.1. The van der Waals surface area contributed by atoms with Crippen LogP contribution in [0.5, 0.6) is 0 Å². The molecule has 9 nitrogen and oxygen atoms in total. The second-order valence-corrected chi connectivity index (χ2v) is 18.3. The monoisotopic (exact) mass is 791 g/mol. The molecule has 0 aromatic heterocycles. The second-order valence-electron chi connectivity index (χ2n) is 16.8. The Morgan fingerprint density at radius 2 is 0.833 bits per heavy atom. The van der Waals surface area contributed by atoms with Crippen molar-refractivity contribution in [1.82, 2.24) is 0 Å². The number of carbonyl (C=O) groups excluding carboxylic acids is 2. The van der Waals surface area contributed by atoms with E-state index in [2.05, 4.69) is 13.8 Å². The first-order chi connectivity index (χ1) is 26.0. The standard InChI is InChI=1S/C44H88NO8P/c1-6-8-10-12-14-16-18-20-21-22-23-24-25-27-28-30-32-34-36-43(46)50-40-42(41-52-54(48,49)51-39-38-45(3,4)5)53-44(47)37-35-33-31-29-26-19-17-15-13-11-9-7-2/h42H,6-41H2,1-5H3/p+1/t42-/m1/s1. The summed E-state index contributed by atoms with van der Waals surface area (Å²) in [4.78, 5) is 35.3. The van der Waals surface area contributed by atoms with Gasteiger partial charge in [0.25, 0.3) is 0 Å². The van der Waals surface area contributed by atoms with Crippen LogP contribution in [0.15, 0.2) is 0 Å². The summed E-state index contributed by atoms with van der Waals surface area (Å²) in [5, 5.41) is 0. The lowest BCUT2D eigenvalue weighted by atomic mass is 10.0. The van der Waals surface area contributed by atoms with Crippen molar-refractivity contribution >= 4 is 19.8 Å². The number of hydrogen-bond acceptors (Lipinski definition) is 7. The third kappa shape index (κ3) is 40.7. The van der Waals surface area contributed by atoms with Gasteiger partial charge in [-0.1, -0.05) is 194 Å². The molecule has 54 heavy (non-hydrogen) atoms. The molecule has 0 fully saturated rings. The van der Waals surface area contributed by atoms with Crippen molar-refractivity contribution in [3.05, 3.63) is 0 Å². The number of phosphoric acid groups is 1. The van der Waals surface area contributed by atoms with E-state index in [1.807, 2.05) is 21.1 Å². The molecule has 0 radical (unpaired) electrons. The van der Waals surface area contributed by atoms with Gasteiger partial charge in [0.15, 0.2) is 6.10 Å². The summed E-state index contributed by atoms with van der Waals surface area (Å²) in [6, 6.07) is 0. The number of nitrogens with zero attached hydrogens (tertiary/aromatic N) is 1. The average Bonchev–Trinajstić information content (AvgIpc) is 3.12. The molecule has 0 aromatic rings. The van der Waals surface area contributed by atoms with Gasteiger partial charge < -0.3 is 18.9 Å². The maximum absolute atomic E-state index is 12.7. The van der Waals surface area contributed by atoms with Gasteiger partial charge in [0.05, 0.1) is 27.7 Å². The lowest BCUT2D eigenvalue weighted by Crippen LogP contribution is -2.37. The molecule has 0 spiro atoms. The summed E-state index contributed by atoms with van der Waals surface area (Å²) in [5.74, 6) is -0.783. The van der Waals surface area contributed by atoms with Crippen molar-refractivity contribution in [2.45, 2.75) is 225 Å². The van der Waals surface area contributed by atoms with Gasteiger partial charge in [0, 0.05) is 12.8 Å². The zero-order chi connectivity index (χ0) is 40.0. The molecule has 10 heteroatoms. The molecule has 0 aliphatic carbocycles. The summed E-state index contributed by atoms with van der Waals surface area (Å²) in [6.45, 7) is 4.46. The van der Waals surface area contributed by atoms with Crippen molar-refractivity contribution in [3.8, 4) is 0 Å². The molecule has 0 aliphatic heterocycles. The molecule has 0 aliphatic rings. The van der Waals surface area contributed by atoms with Crippen LogP contribution in [0, 0.1) is 0 Å². The Labute approximate surface area is 334 Å². The molecule has 322 valence electrons. The van der Waals surface area contributed by atoms with Crippen molar-refractivity contribution in [1.29, 1.82) is 0 Å². The minimum Gasteiger partial charge on any atom is -0.462 e. The molecular weight excluding hydrogens is 701 g/mol. The quantitative estimate of drug-likeness (QED) is 0.0282. The normalized spacial score (nSPS) is 13.5. The maximum Gasteiger partial charge on any atom is 0.472 e. The van der Waals surface area contributed by atoms with E-state index < -0.39 is 26.5 Å². The highest BCUT2D eigenvalue weighted by molar-refractivity contribution is 7.47. The van der Waals surface area contributed by atoms with Crippen molar-refractivity contribution in [2.75, 3.05) is 47.5 Å². The molecule has 0 amide bonds. The van der Waals surface area contributed by atoms with Gasteiger partial charge in [0.1, 0.15) is 19.8 Å². The molecule has 0 aromatic carbocycles. The highest BCUT2D eigenvalue weighted by Gasteiger charge is 2.27. The molecule has 0 saturated heterocycles. The van der Waals surface area contributed by atoms with Crippen LogP contribution in [0.2, 0.25) is 0 Å². The van der Waals surface area contributed by atoms with E-state index in [0.29, 0.717) is 17.4 Å². The predicted molar refractivity (Wildman–Crippen MR) is 225 cm³/mol. The predicted octanol–water partition coefficient (Wildman–Crippen LogP) is 12.8. The van der Waals surface area contributed by atoms with E-state index >= 15 is 0 Å². The van der Waals surface area contributed by atoms with Crippen LogP contribution >= 0.6 is 7.82 Å². The van der Waals surface area contributed by atoms with E-state index in [0.717, 1.165) is 38.5 Å². The van der Waals surface area contributed by atoms with Crippen LogP contribution in [-0.4, -0.2) is 74.9 Å². The van der Waals surface area contributed by atoms with Gasteiger partial charge in [-0.25, -0.2) is 4.57 Å². The summed E-state index contributed by atoms with van der Waals surface area (Å²) < 4.78 is 34.3. The van der Waals surface area contributed by atoms with Crippen LogP contribution in [0.1, 0.15) is 219 Å². The fourth-order valence-electron chi connectivity index (χ4n) is 6.54. The van der Waals surface area contributed by atoms with Gasteiger partial charge in [-0.2, -0.15) is 0 Å². The van der Waals surface area contributed by atoms with Gasteiger partial charge in [0.2, 0.25) is 0 Å². The summed E-state index contributed by atoms with van der Waals surface area (Å²) >= 11 is 0. The molecule has 0 bridgehead atoms. The number of rotatable bonds is 42. The number of phosphoric ester groups is 1. The molecular formula is C44H89NO8P+. The second kappa shape index (κ2) is 37.6. The molecule has 0 saturated carbocycles. The first kappa shape index (κ1) is 53.0. The number of quaternary nitrogens is 1. The van der Waals surface area contributed by atoms with E-state index in [-0.39, 0.29) is 25.6 Å². The Hall–Kier alpha value is -0.990. The molecule has 0 heterocycles. The molecule has 1 N–H and O–H groups in total. The van der Waals surface area contributed by atoms with Crippen molar-refractivity contribution < 1.29 is 42.1 Å². The Morgan fingerprint density at radius 1 is 0.500 bits per heavy atom. The molecule has 0 rings (SSSR count). The maximum atomic E-state index is 12.7. The zero-order valence-electron chi connectivity index (χ0n) is 36.2. The number of ether oxygens (including phenoxy) is 2. The van der Waals surface area contributed by atoms with Crippen molar-refractivity contribution in [3.63, 3.8) is 0 Å². The molecule has 1 unspecified atom stereocenters. The number of esters is 2. The Kier molecular flexibility index (Phi) is 36.9. The lowest BCUT2D eigenvalue weighted by Gasteiger charge is -2.24. The van der Waals surface area contributed by atoms with Crippen LogP contribution < -0.4 is 0 Å². The van der Waals surface area contributed by atoms with Crippen LogP contribution in [0.25, 0.3) is 0 Å². The summed E-state index contributed by atoms with van der Waals surface area (Å²) in [7, 11) is 1.49. The third-order valence-electron chi connectivity index (χ3n) is 10.1. The van der Waals surface area contributed by atoms with Crippen LogP contribution in [-0.2, 0) is 32.7 Å². The van der Waals surface area contributed by atoms with Crippen LogP contribution in [0.3, 0.4) is 0 Å². The minimum absolute atomic E-state index is 0.0368. The van der Waals surface area contributed by atoms with Crippen molar-refractivity contribution in [2.24, 2.45) is 0 Å². The average molecular weight is 791 g/mol. The first-order valence-electron chi connectivity index (χ1n) is 22.8. The highest BCUT2D eigenvalue weighted by Crippen LogP contribution is 2.43. The molecule has 2 atom stereocenters. The largest absolute Gasteiger partial charge is 0.472 e. The van der Waals surface area contributed by atoms with Gasteiger partial charge in [-0.3, -0.25) is 18.6 Å². The number of likely N-dealkylation sites (N-methyl/N-ethyl adjacent to an activating group) is 1. The first-order valence-corrected chi connectivity index (χ1v) is 24.3. The lowest BCUT2D eigenvalue weighted by molar-refractivity contribution is -0.870. The Balaban J connectivity index is 4.25. The fourth-order valence-corrected chi connectivity index (χ4v) is 7.29. The van der Waals surface area contributed by atoms with Gasteiger partial charge in [-0.05, 0) is 12.8 Å².